The third-order valence-electron chi connectivity index (χ3n) is 5.21. The molecule has 1 N–H and O–H groups in total. The maximum absolute atomic E-state index is 13.5. The van der Waals surface area contributed by atoms with Gasteiger partial charge in [0.2, 0.25) is 10.0 Å². The number of β-amino-alcohol motifs (C(OH)–C–C–N with tert-alkyl or cyclic N) is 1. The normalized spacial score (nSPS) is 28.7. The molecule has 2 heterocycles. The van der Waals surface area contributed by atoms with E-state index in [1.807, 2.05) is 0 Å². The molecule has 162 valence electrons. The summed E-state index contributed by atoms with van der Waals surface area (Å²) < 4.78 is 49.8. The Morgan fingerprint density at radius 2 is 2.00 bits per heavy atom. The highest BCUT2D eigenvalue weighted by Crippen LogP contribution is 2.34. The molecular weight excluding hydrogens is 402 g/mol. The Bertz CT molecular complexity index is 814. The van der Waals surface area contributed by atoms with Crippen molar-refractivity contribution in [3.63, 3.8) is 0 Å². The molecule has 0 aliphatic carbocycles. The summed E-state index contributed by atoms with van der Waals surface area (Å²) in [6.45, 7) is -0.00386. The van der Waals surface area contributed by atoms with Gasteiger partial charge < -0.3 is 24.1 Å². The van der Waals surface area contributed by atoms with Crippen LogP contribution >= 0.6 is 0 Å². The third kappa shape index (κ3) is 4.89. The van der Waals surface area contributed by atoms with Crippen LogP contribution in [0.2, 0.25) is 0 Å². The van der Waals surface area contributed by atoms with Crippen molar-refractivity contribution in [3.05, 3.63) is 24.3 Å². The number of para-hydroxylation sites is 1. The summed E-state index contributed by atoms with van der Waals surface area (Å²) in [7, 11) is -1.25. The molecule has 0 aromatic heterocycles. The average molecular weight is 429 g/mol. The van der Waals surface area contributed by atoms with Crippen molar-refractivity contribution in [2.75, 3.05) is 34.0 Å². The van der Waals surface area contributed by atoms with E-state index in [1.165, 1.54) is 24.6 Å². The third-order valence-corrected chi connectivity index (χ3v) is 7.14. The number of benzene rings is 1. The molecule has 9 nitrogen and oxygen atoms in total. The zero-order valence-corrected chi connectivity index (χ0v) is 17.3. The molecule has 4 atom stereocenters. The van der Waals surface area contributed by atoms with Crippen LogP contribution in [0.5, 0.6) is 5.75 Å². The second-order valence-corrected chi connectivity index (χ2v) is 9.00. The van der Waals surface area contributed by atoms with E-state index < -0.39 is 28.3 Å². The summed E-state index contributed by atoms with van der Waals surface area (Å²) in [4.78, 5) is 11.6. The molecule has 29 heavy (non-hydrogen) atoms. The molecule has 1 aromatic carbocycles. The van der Waals surface area contributed by atoms with Crippen molar-refractivity contribution in [2.45, 2.75) is 48.5 Å². The van der Waals surface area contributed by atoms with E-state index in [0.717, 1.165) is 0 Å². The maximum Gasteiger partial charge on any atom is 0.308 e. The molecule has 3 rings (SSSR count). The van der Waals surface area contributed by atoms with Gasteiger partial charge in [-0.15, -0.1) is 0 Å². The van der Waals surface area contributed by atoms with Crippen LogP contribution in [0.3, 0.4) is 0 Å². The fourth-order valence-corrected chi connectivity index (χ4v) is 5.67. The van der Waals surface area contributed by atoms with Crippen LogP contribution in [0.25, 0.3) is 0 Å². The van der Waals surface area contributed by atoms with Crippen LogP contribution in [-0.4, -0.2) is 82.1 Å². The Labute approximate surface area is 170 Å². The summed E-state index contributed by atoms with van der Waals surface area (Å²) in [6.07, 6.45) is -0.834. The number of hydrogen-bond acceptors (Lipinski definition) is 8. The molecule has 2 saturated heterocycles. The van der Waals surface area contributed by atoms with Crippen LogP contribution in [0, 0.1) is 0 Å². The fourth-order valence-electron chi connectivity index (χ4n) is 3.80. The highest BCUT2D eigenvalue weighted by atomic mass is 32.2. The fraction of sp³-hybridized carbons (Fsp3) is 0.632. The maximum atomic E-state index is 13.5. The van der Waals surface area contributed by atoms with E-state index in [9.17, 15) is 18.3 Å². The second kappa shape index (κ2) is 9.40. The number of rotatable bonds is 5. The van der Waals surface area contributed by atoms with E-state index >= 15 is 0 Å². The van der Waals surface area contributed by atoms with Crippen molar-refractivity contribution in [2.24, 2.45) is 0 Å². The zero-order chi connectivity index (χ0) is 21.0. The summed E-state index contributed by atoms with van der Waals surface area (Å²) in [5.41, 5.74) is 0. The van der Waals surface area contributed by atoms with E-state index in [0.29, 0.717) is 12.8 Å². The van der Waals surface area contributed by atoms with Gasteiger partial charge in [0, 0.05) is 6.54 Å². The molecule has 10 heteroatoms. The molecule has 1 aromatic rings. The number of hydrogen-bond donors (Lipinski definition) is 1. The smallest absolute Gasteiger partial charge is 0.308 e. The van der Waals surface area contributed by atoms with E-state index in [1.54, 1.807) is 18.2 Å². The molecule has 0 spiro atoms. The molecule has 2 fully saturated rings. The number of nitrogens with zero attached hydrogens (tertiary/aromatic N) is 1. The van der Waals surface area contributed by atoms with Gasteiger partial charge in [0.25, 0.3) is 0 Å². The Morgan fingerprint density at radius 3 is 2.72 bits per heavy atom. The van der Waals surface area contributed by atoms with Gasteiger partial charge in [0.05, 0.1) is 58.2 Å². The van der Waals surface area contributed by atoms with Crippen molar-refractivity contribution >= 4 is 16.0 Å². The monoisotopic (exact) mass is 429 g/mol. The van der Waals surface area contributed by atoms with Crippen molar-refractivity contribution in [1.29, 1.82) is 0 Å². The number of fused-ring (bicyclic) bond motifs is 1. The topological polar surface area (TPSA) is 112 Å². The number of methoxy groups -OCH3 is 2. The van der Waals surface area contributed by atoms with Crippen LogP contribution in [-0.2, 0) is 29.0 Å². The van der Waals surface area contributed by atoms with E-state index in [2.05, 4.69) is 0 Å². The first-order chi connectivity index (χ1) is 13.9. The van der Waals surface area contributed by atoms with Gasteiger partial charge in [-0.25, -0.2) is 8.42 Å². The van der Waals surface area contributed by atoms with Crippen LogP contribution in [0.15, 0.2) is 29.2 Å². The van der Waals surface area contributed by atoms with Gasteiger partial charge in [-0.2, -0.15) is 4.31 Å². The predicted octanol–water partition coefficient (Wildman–Crippen LogP) is 0.556. The van der Waals surface area contributed by atoms with Crippen LogP contribution in [0.1, 0.15) is 19.3 Å². The van der Waals surface area contributed by atoms with Gasteiger partial charge in [0.15, 0.2) is 0 Å². The SMILES string of the molecule is COC(=O)C[C@H]1CC[C@H]2[C@@H](COC[C@H](O)CN2S(=O)(=O)c2ccccc2OC)O1. The highest BCUT2D eigenvalue weighted by molar-refractivity contribution is 7.89. The molecule has 0 unspecified atom stereocenters. The summed E-state index contributed by atoms with van der Waals surface area (Å²) in [5.74, 6) is -0.147. The molecule has 0 radical (unpaired) electrons. The quantitative estimate of drug-likeness (QED) is 0.676. The lowest BCUT2D eigenvalue weighted by Gasteiger charge is -2.43. The Kier molecular flexibility index (Phi) is 7.12. The van der Waals surface area contributed by atoms with Gasteiger partial charge in [-0.3, -0.25) is 4.79 Å². The largest absolute Gasteiger partial charge is 0.495 e. The average Bonchev–Trinajstić information content (AvgIpc) is 2.71. The number of ether oxygens (including phenoxy) is 4. The van der Waals surface area contributed by atoms with E-state index in [-0.39, 0.29) is 48.9 Å². The predicted molar refractivity (Wildman–Crippen MR) is 102 cm³/mol. The van der Waals surface area contributed by atoms with Gasteiger partial charge >= 0.3 is 5.97 Å². The minimum atomic E-state index is -3.97. The van der Waals surface area contributed by atoms with Crippen molar-refractivity contribution in [3.8, 4) is 5.75 Å². The van der Waals surface area contributed by atoms with E-state index in [4.69, 9.17) is 18.9 Å². The van der Waals surface area contributed by atoms with Crippen molar-refractivity contribution in [1.82, 2.24) is 4.31 Å². The van der Waals surface area contributed by atoms with Gasteiger partial charge in [0.1, 0.15) is 10.6 Å². The van der Waals surface area contributed by atoms with Gasteiger partial charge in [-0.1, -0.05) is 12.1 Å². The van der Waals surface area contributed by atoms with Crippen molar-refractivity contribution < 1.29 is 37.3 Å². The first kappa shape index (κ1) is 22.0. The lowest BCUT2D eigenvalue weighted by molar-refractivity contribution is -0.157. The van der Waals surface area contributed by atoms with Crippen LogP contribution < -0.4 is 4.74 Å². The lowest BCUT2D eigenvalue weighted by atomic mass is 9.96. The lowest BCUT2D eigenvalue weighted by Crippen LogP contribution is -2.57. The number of esters is 1. The number of carbonyl (C=O) groups is 1. The molecule has 0 amide bonds. The van der Waals surface area contributed by atoms with Gasteiger partial charge in [-0.05, 0) is 25.0 Å². The Hall–Kier alpha value is -1.72. The first-order valence-corrected chi connectivity index (χ1v) is 10.9. The minimum Gasteiger partial charge on any atom is -0.495 e. The summed E-state index contributed by atoms with van der Waals surface area (Å²) in [5, 5.41) is 10.3. The molecule has 2 aliphatic heterocycles. The summed E-state index contributed by atoms with van der Waals surface area (Å²) in [6, 6.07) is 5.85. The Morgan fingerprint density at radius 1 is 1.24 bits per heavy atom. The first-order valence-electron chi connectivity index (χ1n) is 9.49. The Balaban J connectivity index is 1.90. The number of carbonyl (C=O) groups excluding carboxylic acids is 1. The van der Waals surface area contributed by atoms with Crippen LogP contribution in [0.4, 0.5) is 0 Å². The molecular formula is C19H27NO8S. The highest BCUT2D eigenvalue weighted by Gasteiger charge is 2.43. The standard InChI is InChI=1S/C19H27NO8S/c1-25-16-5-3-4-6-18(16)29(23,24)20-10-13(21)11-27-12-17-15(20)8-7-14(28-17)9-19(22)26-2/h3-6,13-15,17,21H,7-12H2,1-2H3/t13-,14-,15+,17-/m1/s1. The molecule has 0 saturated carbocycles. The summed E-state index contributed by atoms with van der Waals surface area (Å²) >= 11 is 0. The second-order valence-electron chi connectivity index (χ2n) is 7.14. The number of sulfonamides is 1. The molecule has 2 aliphatic rings. The number of aliphatic hydroxyl groups is 1. The molecule has 0 bridgehead atoms. The minimum absolute atomic E-state index is 0.00775. The zero-order valence-electron chi connectivity index (χ0n) is 16.5. The number of aliphatic hydroxyl groups excluding tert-OH is 1.